The molecule has 0 unspecified atom stereocenters. The summed E-state index contributed by atoms with van der Waals surface area (Å²) in [6, 6.07) is 5.41. The third-order valence-electron chi connectivity index (χ3n) is 1.45. The zero-order valence-corrected chi connectivity index (χ0v) is 7.51. The molecule has 0 aliphatic heterocycles. The Morgan fingerprint density at radius 3 is 3.00 bits per heavy atom. The van der Waals surface area contributed by atoms with E-state index in [4.69, 9.17) is 0 Å². The summed E-state index contributed by atoms with van der Waals surface area (Å²) in [7, 11) is 0. The molecule has 1 N–H and O–H groups in total. The highest BCUT2D eigenvalue weighted by molar-refractivity contribution is 5.92. The van der Waals surface area contributed by atoms with Crippen LogP contribution < -0.4 is 5.32 Å². The lowest BCUT2D eigenvalue weighted by molar-refractivity contribution is -0.118. The third-order valence-corrected chi connectivity index (χ3v) is 1.45. The van der Waals surface area contributed by atoms with Gasteiger partial charge in [0.1, 0.15) is 6.29 Å². The number of nitrogens with zero attached hydrogens (tertiary/aromatic N) is 1. The maximum Gasteiger partial charge on any atom is 0.244 e. The van der Waals surface area contributed by atoms with Crippen LogP contribution in [0.4, 0.5) is 0 Å². The van der Waals surface area contributed by atoms with Crippen molar-refractivity contribution in [2.75, 3.05) is 6.54 Å². The van der Waals surface area contributed by atoms with E-state index in [9.17, 15) is 9.59 Å². The first-order valence-electron chi connectivity index (χ1n) is 4.13. The molecule has 0 saturated heterocycles. The second-order valence-corrected chi connectivity index (χ2v) is 2.50. The van der Waals surface area contributed by atoms with Gasteiger partial charge in [-0.15, -0.1) is 0 Å². The number of aromatic nitrogens is 1. The Morgan fingerprint density at radius 2 is 2.36 bits per heavy atom. The van der Waals surface area contributed by atoms with E-state index in [0.717, 1.165) is 0 Å². The molecule has 0 bridgehead atoms. The Morgan fingerprint density at radius 1 is 1.50 bits per heavy atom. The molecule has 0 aliphatic carbocycles. The number of hydrogen-bond donors (Lipinski definition) is 1. The van der Waals surface area contributed by atoms with Crippen LogP contribution in [0.25, 0.3) is 6.08 Å². The first kappa shape index (κ1) is 10.1. The Balaban J connectivity index is 2.48. The van der Waals surface area contributed by atoms with Crippen molar-refractivity contribution in [3.05, 3.63) is 36.2 Å². The zero-order chi connectivity index (χ0) is 10.2. The van der Waals surface area contributed by atoms with Gasteiger partial charge in [0.05, 0.1) is 12.2 Å². The van der Waals surface area contributed by atoms with E-state index in [1.54, 1.807) is 24.4 Å². The van der Waals surface area contributed by atoms with Crippen molar-refractivity contribution in [1.29, 1.82) is 0 Å². The fraction of sp³-hybridized carbons (Fsp3) is 0.100. The molecule has 1 rings (SSSR count). The molecule has 0 saturated carbocycles. The lowest BCUT2D eigenvalue weighted by atomic mass is 10.3. The fourth-order valence-corrected chi connectivity index (χ4v) is 0.837. The van der Waals surface area contributed by atoms with E-state index in [2.05, 4.69) is 10.3 Å². The lowest BCUT2D eigenvalue weighted by Crippen LogP contribution is -2.22. The van der Waals surface area contributed by atoms with Gasteiger partial charge in [0, 0.05) is 12.3 Å². The Bertz CT molecular complexity index is 333. The van der Waals surface area contributed by atoms with Gasteiger partial charge in [-0.2, -0.15) is 0 Å². The second-order valence-electron chi connectivity index (χ2n) is 2.50. The van der Waals surface area contributed by atoms with Crippen molar-refractivity contribution in [2.45, 2.75) is 0 Å². The maximum absolute atomic E-state index is 11.0. The van der Waals surface area contributed by atoms with Gasteiger partial charge in [-0.25, -0.2) is 0 Å². The fourth-order valence-electron chi connectivity index (χ4n) is 0.837. The predicted octanol–water partition coefficient (Wildman–Crippen LogP) is 0.410. The van der Waals surface area contributed by atoms with Gasteiger partial charge in [-0.1, -0.05) is 6.07 Å². The Hall–Kier alpha value is -1.97. The van der Waals surface area contributed by atoms with Crippen LogP contribution in [0.15, 0.2) is 30.5 Å². The zero-order valence-electron chi connectivity index (χ0n) is 7.51. The van der Waals surface area contributed by atoms with Gasteiger partial charge in [-0.3, -0.25) is 9.78 Å². The van der Waals surface area contributed by atoms with Crippen molar-refractivity contribution >= 4 is 18.3 Å². The van der Waals surface area contributed by atoms with E-state index in [1.807, 2.05) is 6.07 Å². The summed E-state index contributed by atoms with van der Waals surface area (Å²) < 4.78 is 0. The van der Waals surface area contributed by atoms with Crippen LogP contribution >= 0.6 is 0 Å². The van der Waals surface area contributed by atoms with Gasteiger partial charge >= 0.3 is 0 Å². The molecule has 0 radical (unpaired) electrons. The Kier molecular flexibility index (Phi) is 4.07. The summed E-state index contributed by atoms with van der Waals surface area (Å²) in [5.41, 5.74) is 0.703. The van der Waals surface area contributed by atoms with Crippen LogP contribution in [-0.2, 0) is 9.59 Å². The molecule has 1 aromatic heterocycles. The van der Waals surface area contributed by atoms with E-state index < -0.39 is 0 Å². The third kappa shape index (κ3) is 3.62. The molecule has 0 fully saturated rings. The molecule has 0 spiro atoms. The number of pyridine rings is 1. The van der Waals surface area contributed by atoms with Gasteiger partial charge in [-0.05, 0) is 18.2 Å². The molecule has 4 heteroatoms. The molecule has 0 aromatic carbocycles. The van der Waals surface area contributed by atoms with Gasteiger partial charge < -0.3 is 10.1 Å². The topological polar surface area (TPSA) is 59.1 Å². The number of rotatable bonds is 4. The Labute approximate surface area is 81.7 Å². The number of amides is 1. The quantitative estimate of drug-likeness (QED) is 0.552. The number of hydrogen-bond acceptors (Lipinski definition) is 3. The van der Waals surface area contributed by atoms with Gasteiger partial charge in [0.25, 0.3) is 0 Å². The minimum atomic E-state index is -0.303. The number of nitrogens with one attached hydrogen (secondary N) is 1. The molecular formula is C10H10N2O2. The first-order valence-corrected chi connectivity index (χ1v) is 4.13. The largest absolute Gasteiger partial charge is 0.346 e. The minimum Gasteiger partial charge on any atom is -0.346 e. The number of carbonyl (C=O) groups is 2. The normalized spacial score (nSPS) is 10.0. The van der Waals surface area contributed by atoms with Crippen molar-refractivity contribution in [3.8, 4) is 0 Å². The van der Waals surface area contributed by atoms with Gasteiger partial charge in [0.15, 0.2) is 0 Å². The highest BCUT2D eigenvalue weighted by Crippen LogP contribution is 1.95. The molecule has 1 amide bonds. The van der Waals surface area contributed by atoms with Crippen LogP contribution in [0.1, 0.15) is 5.69 Å². The average Bonchev–Trinajstić information content (AvgIpc) is 2.25. The summed E-state index contributed by atoms with van der Waals surface area (Å²) in [6.07, 6.45) is 5.20. The molecular weight excluding hydrogens is 180 g/mol. The van der Waals surface area contributed by atoms with Crippen LogP contribution in [0, 0.1) is 0 Å². The molecule has 1 aromatic rings. The van der Waals surface area contributed by atoms with E-state index in [1.165, 1.54) is 6.08 Å². The molecule has 1 heterocycles. The average molecular weight is 190 g/mol. The molecule has 0 atom stereocenters. The molecule has 14 heavy (non-hydrogen) atoms. The van der Waals surface area contributed by atoms with Crippen molar-refractivity contribution in [3.63, 3.8) is 0 Å². The van der Waals surface area contributed by atoms with E-state index >= 15 is 0 Å². The van der Waals surface area contributed by atoms with Crippen molar-refractivity contribution in [2.24, 2.45) is 0 Å². The lowest BCUT2D eigenvalue weighted by Gasteiger charge is -1.93. The van der Waals surface area contributed by atoms with E-state index in [-0.39, 0.29) is 12.5 Å². The van der Waals surface area contributed by atoms with Crippen LogP contribution in [0.5, 0.6) is 0 Å². The minimum absolute atomic E-state index is 0.0331. The summed E-state index contributed by atoms with van der Waals surface area (Å²) in [6.45, 7) is 0.0331. The summed E-state index contributed by atoms with van der Waals surface area (Å²) in [4.78, 5) is 24.9. The first-order chi connectivity index (χ1) is 6.83. The molecule has 0 aliphatic rings. The number of carbonyl (C=O) groups excluding carboxylic acids is 2. The monoisotopic (exact) mass is 190 g/mol. The maximum atomic E-state index is 11.0. The number of aldehydes is 1. The second kappa shape index (κ2) is 5.64. The SMILES string of the molecule is O=CCNC(=O)C=Cc1ccccn1. The highest BCUT2D eigenvalue weighted by atomic mass is 16.2. The van der Waals surface area contributed by atoms with Crippen molar-refractivity contribution in [1.82, 2.24) is 10.3 Å². The van der Waals surface area contributed by atoms with E-state index in [0.29, 0.717) is 12.0 Å². The van der Waals surface area contributed by atoms with Crippen LogP contribution in [-0.4, -0.2) is 23.7 Å². The van der Waals surface area contributed by atoms with Crippen LogP contribution in [0.3, 0.4) is 0 Å². The van der Waals surface area contributed by atoms with Crippen molar-refractivity contribution < 1.29 is 9.59 Å². The molecule has 72 valence electrons. The standard InChI is InChI=1S/C10H10N2O2/c13-8-7-12-10(14)5-4-9-3-1-2-6-11-9/h1-6,8H,7H2,(H,12,14). The summed E-state index contributed by atoms with van der Waals surface area (Å²) in [5.74, 6) is -0.303. The van der Waals surface area contributed by atoms with Gasteiger partial charge in [0.2, 0.25) is 5.91 Å². The molecule has 4 nitrogen and oxygen atoms in total. The predicted molar refractivity (Wildman–Crippen MR) is 52.3 cm³/mol. The van der Waals surface area contributed by atoms with Crippen LogP contribution in [0.2, 0.25) is 0 Å². The smallest absolute Gasteiger partial charge is 0.244 e. The summed E-state index contributed by atoms with van der Waals surface area (Å²) >= 11 is 0. The summed E-state index contributed by atoms with van der Waals surface area (Å²) in [5, 5.41) is 2.38. The highest BCUT2D eigenvalue weighted by Gasteiger charge is 1.92.